The molecule has 0 aliphatic rings. The molecule has 0 bridgehead atoms. The molecule has 0 unspecified atom stereocenters. The Balaban J connectivity index is 0.979. The van der Waals surface area contributed by atoms with Crippen molar-refractivity contribution in [1.82, 2.24) is 0 Å². The number of rotatable bonds is 20. The minimum absolute atomic E-state index is 0.352. The molecule has 0 saturated heterocycles. The second-order valence-electron chi connectivity index (χ2n) is 14.0. The Morgan fingerprint density at radius 3 is 1.51 bits per heavy atom. The summed E-state index contributed by atoms with van der Waals surface area (Å²) in [7, 11) is 0. The molecule has 12 nitrogen and oxygen atoms in total. The average Bonchev–Trinajstić information content (AvgIpc) is 3.29. The Bertz CT molecular complexity index is 2480. The van der Waals surface area contributed by atoms with Crippen LogP contribution in [-0.2, 0) is 9.53 Å². The third-order valence-corrected chi connectivity index (χ3v) is 9.56. The number of ether oxygens (including phenoxy) is 3. The number of benzene rings is 6. The van der Waals surface area contributed by atoms with E-state index in [4.69, 9.17) is 14.2 Å². The molecule has 0 aliphatic heterocycles. The van der Waals surface area contributed by atoms with Crippen LogP contribution in [0.3, 0.4) is 0 Å². The first-order valence-corrected chi connectivity index (χ1v) is 20.4. The van der Waals surface area contributed by atoms with Crippen LogP contribution in [0.2, 0.25) is 0 Å². The summed E-state index contributed by atoms with van der Waals surface area (Å²) < 4.78 is 16.5. The zero-order chi connectivity index (χ0) is 42.8. The van der Waals surface area contributed by atoms with E-state index in [1.807, 2.05) is 72.8 Å². The van der Waals surface area contributed by atoms with Gasteiger partial charge in [0.1, 0.15) is 11.5 Å². The molecule has 0 amide bonds. The Hall–Kier alpha value is -7.34. The number of fused-ring (bicyclic) bond motifs is 1. The second kappa shape index (κ2) is 22.1. The van der Waals surface area contributed by atoms with Crippen molar-refractivity contribution >= 4 is 62.5 Å². The molecule has 0 spiro atoms. The number of hydrogen-bond donors (Lipinski definition) is 0. The van der Waals surface area contributed by atoms with E-state index >= 15 is 0 Å². The van der Waals surface area contributed by atoms with Gasteiger partial charge < -0.3 is 19.1 Å². The number of anilines is 1. The highest BCUT2D eigenvalue weighted by atomic mass is 16.5. The zero-order valence-electron chi connectivity index (χ0n) is 34.7. The van der Waals surface area contributed by atoms with Crippen LogP contribution in [0.5, 0.6) is 11.5 Å². The number of nitrogens with zero attached hydrogens (tertiary/aromatic N) is 7. The highest BCUT2D eigenvalue weighted by molar-refractivity contribution is 5.99. The fourth-order valence-electron chi connectivity index (χ4n) is 6.15. The van der Waals surface area contributed by atoms with E-state index in [0.29, 0.717) is 64.3 Å². The lowest BCUT2D eigenvalue weighted by molar-refractivity contribution is -0.139. The zero-order valence-corrected chi connectivity index (χ0v) is 34.7. The summed E-state index contributed by atoms with van der Waals surface area (Å²) in [5.74, 6) is 0.219. The van der Waals surface area contributed by atoms with Crippen molar-refractivity contribution in [3.63, 3.8) is 0 Å². The fourth-order valence-corrected chi connectivity index (χ4v) is 6.15. The smallest absolute Gasteiger partial charge is 0.343 e. The number of esters is 2. The van der Waals surface area contributed by atoms with Gasteiger partial charge in [0, 0.05) is 35.1 Å². The Labute approximate surface area is 356 Å². The first kappa shape index (κ1) is 43.2. The van der Waals surface area contributed by atoms with Crippen LogP contribution >= 0.6 is 0 Å². The molecule has 6 aromatic carbocycles. The van der Waals surface area contributed by atoms with Crippen molar-refractivity contribution in [3.8, 4) is 11.5 Å². The largest absolute Gasteiger partial charge is 0.494 e. The normalized spacial score (nSPS) is 11.4. The molecule has 12 heteroatoms. The SMILES string of the molecule is C=C(C)C(=O)OCCCCCCOc1ccc(C(=O)Oc2ccc(/N=N/c3ccc(/N=N/c4ccc(/N=N/c5ccc(N(CC)CC)cc5)cc4)c4ccccc34)cc2)cc1. The molecule has 0 aromatic heterocycles. The Kier molecular flexibility index (Phi) is 15.7. The monoisotopic (exact) mass is 815 g/mol. The molecule has 310 valence electrons. The van der Waals surface area contributed by atoms with Crippen LogP contribution in [0.15, 0.2) is 176 Å². The van der Waals surface area contributed by atoms with Crippen molar-refractivity contribution in [2.24, 2.45) is 30.7 Å². The van der Waals surface area contributed by atoms with Gasteiger partial charge in [0.15, 0.2) is 0 Å². The molecular weight excluding hydrogens is 767 g/mol. The minimum atomic E-state index is -0.483. The lowest BCUT2D eigenvalue weighted by Gasteiger charge is -2.20. The van der Waals surface area contributed by atoms with Crippen molar-refractivity contribution in [1.29, 1.82) is 0 Å². The van der Waals surface area contributed by atoms with Crippen LogP contribution in [0.1, 0.15) is 56.8 Å². The maximum atomic E-state index is 12.8. The van der Waals surface area contributed by atoms with Crippen molar-refractivity contribution < 1.29 is 23.8 Å². The molecule has 6 aromatic rings. The summed E-state index contributed by atoms with van der Waals surface area (Å²) in [6.07, 6.45) is 3.55. The van der Waals surface area contributed by atoms with E-state index < -0.39 is 5.97 Å². The molecule has 0 saturated carbocycles. The number of unbranched alkanes of at least 4 members (excludes halogenated alkanes) is 3. The van der Waals surface area contributed by atoms with E-state index in [9.17, 15) is 9.59 Å². The lowest BCUT2D eigenvalue weighted by Crippen LogP contribution is -2.21. The summed E-state index contributed by atoms with van der Waals surface area (Å²) in [5, 5.41) is 28.5. The molecule has 61 heavy (non-hydrogen) atoms. The topological polar surface area (TPSA) is 139 Å². The van der Waals surface area contributed by atoms with Crippen molar-refractivity contribution in [2.45, 2.75) is 46.5 Å². The van der Waals surface area contributed by atoms with Gasteiger partial charge in [-0.05, 0) is 156 Å². The molecule has 6 rings (SSSR count). The van der Waals surface area contributed by atoms with Gasteiger partial charge in [-0.25, -0.2) is 9.59 Å². The predicted octanol–water partition coefficient (Wildman–Crippen LogP) is 14.2. The van der Waals surface area contributed by atoms with Crippen molar-refractivity contribution in [2.75, 3.05) is 31.2 Å². The number of carbonyl (C=O) groups is 2. The van der Waals surface area contributed by atoms with Gasteiger partial charge in [0.25, 0.3) is 0 Å². The standard InChI is InChI=1S/C49H49N7O5/c1-5-56(6-2)41-25-21-39(22-26-41)51-50-37-17-19-38(20-18-37)52-54-46-31-32-47(45-14-10-9-13-44(45)46)55-53-40-23-29-43(30-24-40)61-49(58)36-15-27-42(28-16-36)59-33-11-7-8-12-34-60-48(57)35(3)4/h9-10,13-32H,3,5-8,11-12,33-34H2,1-2,4H3/b51-50+,54-52+,55-53+. The van der Waals surface area contributed by atoms with Gasteiger partial charge in [-0.15, -0.1) is 10.2 Å². The average molecular weight is 816 g/mol. The maximum Gasteiger partial charge on any atom is 0.343 e. The Morgan fingerprint density at radius 2 is 1.00 bits per heavy atom. The lowest BCUT2D eigenvalue weighted by atomic mass is 10.1. The van der Waals surface area contributed by atoms with Crippen LogP contribution < -0.4 is 14.4 Å². The highest BCUT2D eigenvalue weighted by Crippen LogP contribution is 2.35. The number of hydrogen-bond acceptors (Lipinski definition) is 12. The molecule has 0 N–H and O–H groups in total. The van der Waals surface area contributed by atoms with Crippen LogP contribution in [-0.4, -0.2) is 38.2 Å². The third-order valence-electron chi connectivity index (χ3n) is 9.56. The second-order valence-corrected chi connectivity index (χ2v) is 14.0. The quantitative estimate of drug-likeness (QED) is 0.0247. The molecular formula is C49H49N7O5. The molecule has 0 radical (unpaired) electrons. The summed E-state index contributed by atoms with van der Waals surface area (Å²) in [6, 6.07) is 40.7. The Morgan fingerprint density at radius 1 is 0.541 bits per heavy atom. The van der Waals surface area contributed by atoms with E-state index in [-0.39, 0.29) is 5.97 Å². The van der Waals surface area contributed by atoms with E-state index in [1.54, 1.807) is 55.5 Å². The number of azo groups is 3. The summed E-state index contributed by atoms with van der Waals surface area (Å²) in [6.45, 7) is 12.3. The van der Waals surface area contributed by atoms with Crippen molar-refractivity contribution in [3.05, 3.63) is 151 Å². The summed E-state index contributed by atoms with van der Waals surface area (Å²) in [5.41, 5.74) is 6.13. The van der Waals surface area contributed by atoms with E-state index in [1.165, 1.54) is 5.69 Å². The summed E-state index contributed by atoms with van der Waals surface area (Å²) in [4.78, 5) is 26.5. The van der Waals surface area contributed by atoms with E-state index in [0.717, 1.165) is 55.2 Å². The van der Waals surface area contributed by atoms with Gasteiger partial charge in [-0.1, -0.05) is 30.8 Å². The first-order valence-electron chi connectivity index (χ1n) is 20.4. The van der Waals surface area contributed by atoms with Gasteiger partial charge in [-0.3, -0.25) is 0 Å². The van der Waals surface area contributed by atoms with Crippen LogP contribution in [0.25, 0.3) is 10.8 Å². The van der Waals surface area contributed by atoms with E-state index in [2.05, 4.69) is 68.1 Å². The summed E-state index contributed by atoms with van der Waals surface area (Å²) >= 11 is 0. The molecule has 0 heterocycles. The number of carbonyl (C=O) groups excluding carboxylic acids is 2. The van der Waals surface area contributed by atoms with Crippen LogP contribution in [0.4, 0.5) is 39.8 Å². The fraction of sp³-hybridized carbons (Fsp3) is 0.224. The van der Waals surface area contributed by atoms with Gasteiger partial charge in [0.05, 0.1) is 52.9 Å². The highest BCUT2D eigenvalue weighted by Gasteiger charge is 2.10. The third kappa shape index (κ3) is 12.8. The van der Waals surface area contributed by atoms with Gasteiger partial charge in [-0.2, -0.15) is 20.5 Å². The van der Waals surface area contributed by atoms with Crippen LogP contribution in [0, 0.1) is 0 Å². The maximum absolute atomic E-state index is 12.8. The molecule has 0 atom stereocenters. The predicted molar refractivity (Wildman–Crippen MR) is 240 cm³/mol. The van der Waals surface area contributed by atoms with Gasteiger partial charge in [0.2, 0.25) is 0 Å². The molecule has 0 fully saturated rings. The molecule has 0 aliphatic carbocycles. The minimum Gasteiger partial charge on any atom is -0.494 e. The van der Waals surface area contributed by atoms with Gasteiger partial charge >= 0.3 is 11.9 Å². The first-order chi connectivity index (χ1) is 29.8.